The lowest BCUT2D eigenvalue weighted by Gasteiger charge is -2.32. The molecule has 1 aliphatic heterocycles. The molecule has 0 radical (unpaired) electrons. The molecule has 1 heterocycles. The first-order valence-corrected chi connectivity index (χ1v) is 9.32. The number of aliphatic imine (C=N–C) groups is 1. The fourth-order valence-electron chi connectivity index (χ4n) is 4.07. The van der Waals surface area contributed by atoms with Crippen LogP contribution in [0, 0.1) is 0 Å². The summed E-state index contributed by atoms with van der Waals surface area (Å²) in [5.41, 5.74) is 2.23. The van der Waals surface area contributed by atoms with E-state index >= 15 is 0 Å². The number of amidine groups is 1. The van der Waals surface area contributed by atoms with Crippen LogP contribution in [0.1, 0.15) is 49.8 Å². The molecule has 0 saturated heterocycles. The van der Waals surface area contributed by atoms with E-state index in [1.807, 2.05) is 0 Å². The Morgan fingerprint density at radius 1 is 1.00 bits per heavy atom. The third-order valence-corrected chi connectivity index (χ3v) is 5.48. The lowest BCUT2D eigenvalue weighted by atomic mass is 9.82. The molecule has 0 bridgehead atoms. The molecule has 25 heavy (non-hydrogen) atoms. The Bertz CT molecular complexity index is 722. The quantitative estimate of drug-likeness (QED) is 0.867. The largest absolute Gasteiger partial charge is 0.370 e. The molecule has 4 rings (SSSR count). The predicted octanol–water partition coefficient (Wildman–Crippen LogP) is 4.60. The monoisotopic (exact) mass is 334 g/mol. The first kappa shape index (κ1) is 16.3. The molecule has 3 heteroatoms. The van der Waals surface area contributed by atoms with Gasteiger partial charge in [-0.25, -0.2) is 0 Å². The minimum Gasteiger partial charge on any atom is -0.370 e. The van der Waals surface area contributed by atoms with Crippen LogP contribution < -0.4 is 5.32 Å². The van der Waals surface area contributed by atoms with Crippen molar-refractivity contribution in [3.63, 3.8) is 0 Å². The molecular formula is C22H26N2O. The highest BCUT2D eigenvalue weighted by Gasteiger charge is 2.42. The molecule has 1 aliphatic carbocycles. The Morgan fingerprint density at radius 2 is 1.64 bits per heavy atom. The van der Waals surface area contributed by atoms with Gasteiger partial charge in [-0.05, 0) is 30.9 Å². The third kappa shape index (κ3) is 3.34. The molecule has 2 atom stereocenters. The number of nitrogens with one attached hydrogen (secondary N) is 1. The van der Waals surface area contributed by atoms with Crippen molar-refractivity contribution in [1.82, 2.24) is 5.32 Å². The predicted molar refractivity (Wildman–Crippen MR) is 102 cm³/mol. The van der Waals surface area contributed by atoms with Crippen LogP contribution in [-0.4, -0.2) is 18.5 Å². The van der Waals surface area contributed by atoms with Crippen LogP contribution in [0.15, 0.2) is 65.7 Å². The van der Waals surface area contributed by atoms with Crippen molar-refractivity contribution in [3.05, 3.63) is 71.8 Å². The molecule has 1 saturated carbocycles. The van der Waals surface area contributed by atoms with Gasteiger partial charge in [0.05, 0.1) is 11.6 Å². The zero-order valence-electron chi connectivity index (χ0n) is 14.8. The molecule has 0 spiro atoms. The first-order chi connectivity index (χ1) is 12.3. The van der Waals surface area contributed by atoms with Gasteiger partial charge in [0, 0.05) is 0 Å². The standard InChI is InChI=1S/C22H26N2O/c1-22(18-12-6-3-7-13-18)21(17-10-4-2-5-11-17)23-20(24-22)16-25-19-14-8-9-15-19/h2-7,10-13,19,21H,8-9,14-16H2,1H3,(H,23,24). The van der Waals surface area contributed by atoms with Crippen LogP contribution in [0.4, 0.5) is 0 Å². The highest BCUT2D eigenvalue weighted by Crippen LogP contribution is 2.41. The van der Waals surface area contributed by atoms with E-state index in [9.17, 15) is 0 Å². The molecule has 130 valence electrons. The van der Waals surface area contributed by atoms with Gasteiger partial charge >= 0.3 is 0 Å². The molecule has 2 aliphatic rings. The number of nitrogens with zero attached hydrogens (tertiary/aromatic N) is 1. The lowest BCUT2D eigenvalue weighted by molar-refractivity contribution is 0.0860. The van der Waals surface area contributed by atoms with Gasteiger partial charge in [0.25, 0.3) is 0 Å². The first-order valence-electron chi connectivity index (χ1n) is 9.32. The van der Waals surface area contributed by atoms with E-state index in [1.54, 1.807) is 0 Å². The Kier molecular flexibility index (Phi) is 4.58. The fourth-order valence-corrected chi connectivity index (χ4v) is 4.07. The van der Waals surface area contributed by atoms with Crippen LogP contribution in [0.3, 0.4) is 0 Å². The zero-order valence-corrected chi connectivity index (χ0v) is 14.8. The Labute approximate surface area is 150 Å². The molecule has 0 aromatic heterocycles. The average Bonchev–Trinajstić information content (AvgIpc) is 3.30. The van der Waals surface area contributed by atoms with Gasteiger partial charge in [-0.3, -0.25) is 4.99 Å². The van der Waals surface area contributed by atoms with Crippen molar-refractivity contribution >= 4 is 5.84 Å². The summed E-state index contributed by atoms with van der Waals surface area (Å²) in [5.74, 6) is 0.965. The van der Waals surface area contributed by atoms with E-state index in [4.69, 9.17) is 9.73 Å². The summed E-state index contributed by atoms with van der Waals surface area (Å²) >= 11 is 0. The van der Waals surface area contributed by atoms with Gasteiger partial charge in [0.15, 0.2) is 0 Å². The molecule has 1 N–H and O–H groups in total. The van der Waals surface area contributed by atoms with Gasteiger partial charge in [-0.15, -0.1) is 0 Å². The van der Waals surface area contributed by atoms with Gasteiger partial charge in [-0.1, -0.05) is 73.5 Å². The maximum Gasteiger partial charge on any atom is 0.124 e. The summed E-state index contributed by atoms with van der Waals surface area (Å²) in [6.07, 6.45) is 5.36. The summed E-state index contributed by atoms with van der Waals surface area (Å²) in [5, 5.41) is 3.68. The summed E-state index contributed by atoms with van der Waals surface area (Å²) in [6.45, 7) is 2.82. The molecule has 0 amide bonds. The molecule has 2 aromatic rings. The van der Waals surface area contributed by atoms with E-state index in [1.165, 1.54) is 36.8 Å². The molecule has 1 fully saturated rings. The molecular weight excluding hydrogens is 308 g/mol. The number of hydrogen-bond donors (Lipinski definition) is 1. The molecule has 2 unspecified atom stereocenters. The zero-order chi connectivity index (χ0) is 17.1. The third-order valence-electron chi connectivity index (χ3n) is 5.48. The second-order valence-electron chi connectivity index (χ2n) is 7.30. The van der Waals surface area contributed by atoms with E-state index in [0.29, 0.717) is 12.7 Å². The topological polar surface area (TPSA) is 33.6 Å². The van der Waals surface area contributed by atoms with Crippen LogP contribution >= 0.6 is 0 Å². The number of ether oxygens (including phenoxy) is 1. The Hall–Kier alpha value is -2.13. The van der Waals surface area contributed by atoms with Crippen molar-refractivity contribution in [2.75, 3.05) is 6.61 Å². The summed E-state index contributed by atoms with van der Waals surface area (Å²) in [7, 11) is 0. The maximum atomic E-state index is 6.11. The average molecular weight is 334 g/mol. The van der Waals surface area contributed by atoms with Gasteiger partial charge in [0.1, 0.15) is 18.5 Å². The van der Waals surface area contributed by atoms with Crippen molar-refractivity contribution in [2.45, 2.75) is 50.3 Å². The molecule has 2 aromatic carbocycles. The van der Waals surface area contributed by atoms with Gasteiger partial charge < -0.3 is 10.1 Å². The maximum absolute atomic E-state index is 6.11. The highest BCUT2D eigenvalue weighted by atomic mass is 16.5. The van der Waals surface area contributed by atoms with Crippen LogP contribution in [0.25, 0.3) is 0 Å². The van der Waals surface area contributed by atoms with E-state index in [2.05, 4.69) is 72.9 Å². The fraction of sp³-hybridized carbons (Fsp3) is 0.409. The van der Waals surface area contributed by atoms with Gasteiger partial charge in [0.2, 0.25) is 0 Å². The molecule has 3 nitrogen and oxygen atoms in total. The van der Waals surface area contributed by atoms with E-state index < -0.39 is 0 Å². The van der Waals surface area contributed by atoms with Crippen molar-refractivity contribution in [3.8, 4) is 0 Å². The van der Waals surface area contributed by atoms with Crippen LogP contribution in [0.5, 0.6) is 0 Å². The second-order valence-corrected chi connectivity index (χ2v) is 7.30. The minimum absolute atomic E-state index is 0.0540. The second kappa shape index (κ2) is 7.01. The summed E-state index contributed by atoms with van der Waals surface area (Å²) in [4.78, 5) is 5.03. The minimum atomic E-state index is -0.253. The number of hydrogen-bond acceptors (Lipinski definition) is 3. The summed E-state index contributed by atoms with van der Waals surface area (Å²) < 4.78 is 6.11. The van der Waals surface area contributed by atoms with Crippen molar-refractivity contribution < 1.29 is 4.74 Å². The highest BCUT2D eigenvalue weighted by molar-refractivity contribution is 5.87. The SMILES string of the molecule is CC1(c2ccccc2)NC(COC2CCCC2)=NC1c1ccccc1. The van der Waals surface area contributed by atoms with E-state index in [0.717, 1.165) is 5.84 Å². The van der Waals surface area contributed by atoms with Crippen molar-refractivity contribution in [2.24, 2.45) is 4.99 Å². The van der Waals surface area contributed by atoms with Crippen LogP contribution in [-0.2, 0) is 10.3 Å². The number of rotatable bonds is 5. The Morgan fingerprint density at radius 3 is 2.32 bits per heavy atom. The van der Waals surface area contributed by atoms with Crippen molar-refractivity contribution in [1.29, 1.82) is 0 Å². The summed E-state index contributed by atoms with van der Waals surface area (Å²) in [6, 6.07) is 21.2. The Balaban J connectivity index is 1.60. The van der Waals surface area contributed by atoms with Gasteiger partial charge in [-0.2, -0.15) is 0 Å². The lowest BCUT2D eigenvalue weighted by Crippen LogP contribution is -2.43. The van der Waals surface area contributed by atoms with E-state index in [-0.39, 0.29) is 11.6 Å². The van der Waals surface area contributed by atoms with Crippen LogP contribution in [0.2, 0.25) is 0 Å². The number of benzene rings is 2. The smallest absolute Gasteiger partial charge is 0.124 e. The normalized spacial score (nSPS) is 26.4.